The second kappa shape index (κ2) is 9.11. The summed E-state index contributed by atoms with van der Waals surface area (Å²) in [6, 6.07) is 11.4. The highest BCUT2D eigenvalue weighted by molar-refractivity contribution is 5.82. The molecule has 4 aromatic rings. The predicted molar refractivity (Wildman–Crippen MR) is 125 cm³/mol. The van der Waals surface area contributed by atoms with Crippen molar-refractivity contribution in [1.82, 2.24) is 28.6 Å². The summed E-state index contributed by atoms with van der Waals surface area (Å²) in [4.78, 5) is 32.5. The molecule has 1 unspecified atom stereocenters. The number of likely N-dealkylation sites (tertiary alicyclic amines) is 1. The number of amides is 1. The van der Waals surface area contributed by atoms with Gasteiger partial charge in [0.2, 0.25) is 5.91 Å². The molecule has 0 bridgehead atoms. The van der Waals surface area contributed by atoms with Crippen molar-refractivity contribution in [2.24, 2.45) is 0 Å². The molecule has 1 saturated heterocycles. The number of nitrogens with zero attached hydrogens (tertiary/aromatic N) is 7. The van der Waals surface area contributed by atoms with Gasteiger partial charge in [-0.05, 0) is 37.1 Å². The van der Waals surface area contributed by atoms with Gasteiger partial charge in [0.25, 0.3) is 0 Å². The number of fused-ring (bicyclic) bond motifs is 2. The lowest BCUT2D eigenvalue weighted by Crippen LogP contribution is -2.43. The fourth-order valence-corrected chi connectivity index (χ4v) is 4.73. The maximum Gasteiger partial charge on any atom is 0.330 e. The van der Waals surface area contributed by atoms with Crippen molar-refractivity contribution in [1.29, 1.82) is 5.26 Å². The normalized spacial score (nSPS) is 16.2. The van der Waals surface area contributed by atoms with Crippen LogP contribution in [-0.4, -0.2) is 61.3 Å². The first-order valence-corrected chi connectivity index (χ1v) is 11.3. The van der Waals surface area contributed by atoms with E-state index >= 15 is 0 Å². The Hall–Kier alpha value is -3.97. The molecule has 10 nitrogen and oxygen atoms in total. The van der Waals surface area contributed by atoms with Gasteiger partial charge in [-0.25, -0.2) is 14.3 Å². The van der Waals surface area contributed by atoms with Crippen LogP contribution in [0.25, 0.3) is 27.9 Å². The van der Waals surface area contributed by atoms with Gasteiger partial charge < -0.3 is 9.64 Å². The van der Waals surface area contributed by atoms with E-state index in [1.807, 2.05) is 42.6 Å². The molecule has 1 atom stereocenters. The minimum atomic E-state index is -0.221. The van der Waals surface area contributed by atoms with Crippen molar-refractivity contribution >= 4 is 22.6 Å². The second-order valence-corrected chi connectivity index (χ2v) is 8.40. The van der Waals surface area contributed by atoms with E-state index in [1.165, 1.54) is 0 Å². The Kier molecular flexibility index (Phi) is 5.86. The minimum absolute atomic E-state index is 0.158. The number of aromatic nitrogens is 5. The van der Waals surface area contributed by atoms with Crippen LogP contribution in [0.4, 0.5) is 0 Å². The van der Waals surface area contributed by atoms with Crippen molar-refractivity contribution in [3.05, 3.63) is 53.2 Å². The van der Waals surface area contributed by atoms with E-state index in [0.717, 1.165) is 35.1 Å². The van der Waals surface area contributed by atoms with Crippen LogP contribution in [-0.2, 0) is 16.1 Å². The largest absolute Gasteiger partial charge is 0.383 e. The number of nitriles is 1. The fourth-order valence-electron chi connectivity index (χ4n) is 4.73. The van der Waals surface area contributed by atoms with Crippen LogP contribution in [0.5, 0.6) is 0 Å². The highest BCUT2D eigenvalue weighted by atomic mass is 16.5. The summed E-state index contributed by atoms with van der Waals surface area (Å²) < 4.78 is 10.4. The number of methoxy groups -OCH3 is 1. The van der Waals surface area contributed by atoms with E-state index in [2.05, 4.69) is 5.10 Å². The molecule has 1 amide bonds. The quantitative estimate of drug-likeness (QED) is 0.437. The number of carbonyl (C=O) groups excluding carboxylic acids is 1. The summed E-state index contributed by atoms with van der Waals surface area (Å²) in [5.41, 5.74) is 3.65. The third kappa shape index (κ3) is 3.74. The Bertz CT molecular complexity index is 1460. The van der Waals surface area contributed by atoms with Crippen molar-refractivity contribution in [2.75, 3.05) is 26.8 Å². The third-order valence-electron chi connectivity index (χ3n) is 6.38. The summed E-state index contributed by atoms with van der Waals surface area (Å²) in [6.07, 6.45) is 5.00. The van der Waals surface area contributed by atoms with Crippen LogP contribution >= 0.6 is 0 Å². The Labute approximate surface area is 195 Å². The fraction of sp³-hybridized carbons (Fsp3) is 0.375. The Morgan fingerprint density at radius 1 is 1.26 bits per heavy atom. The molecule has 0 radical (unpaired) electrons. The summed E-state index contributed by atoms with van der Waals surface area (Å²) in [6.45, 7) is 1.77. The molecular weight excluding hydrogens is 434 g/mol. The summed E-state index contributed by atoms with van der Waals surface area (Å²) >= 11 is 0. The first-order chi connectivity index (χ1) is 16.6. The van der Waals surface area contributed by atoms with Gasteiger partial charge in [0.05, 0.1) is 48.2 Å². The van der Waals surface area contributed by atoms with Gasteiger partial charge in [0.15, 0.2) is 5.65 Å². The van der Waals surface area contributed by atoms with Crippen LogP contribution in [0.2, 0.25) is 0 Å². The topological polar surface area (TPSA) is 110 Å². The van der Waals surface area contributed by atoms with E-state index in [0.29, 0.717) is 31.9 Å². The smallest absolute Gasteiger partial charge is 0.330 e. The molecule has 1 aliphatic heterocycles. The average Bonchev–Trinajstić information content (AvgIpc) is 3.41. The standard InChI is InChI=1S/C24H25N7O3/c1-34-14-13-29-21-8-7-19(18-15-26-30-12-3-2-6-20(18)30)27-23(21)31(24(29)33)17-5-4-11-28(16-17)22(32)9-10-25/h2-3,6-8,12,15,17H,4-5,9,11,13-14,16H2,1H3. The Morgan fingerprint density at radius 3 is 2.97 bits per heavy atom. The molecule has 0 saturated carbocycles. The first kappa shape index (κ1) is 21.9. The lowest BCUT2D eigenvalue weighted by atomic mass is 10.1. The summed E-state index contributed by atoms with van der Waals surface area (Å²) in [5, 5.41) is 13.3. The SMILES string of the molecule is COCCn1c(=O)n(C2CCCN(C(=O)CC#N)C2)c2nc(-c3cnn4ccccc34)ccc21. The van der Waals surface area contributed by atoms with Gasteiger partial charge in [0.1, 0.15) is 6.42 Å². The number of piperidine rings is 1. The molecule has 0 aromatic carbocycles. The number of hydrogen-bond acceptors (Lipinski definition) is 6. The molecule has 5 rings (SSSR count). The Morgan fingerprint density at radius 2 is 2.15 bits per heavy atom. The van der Waals surface area contributed by atoms with Crippen molar-refractivity contribution in [3.63, 3.8) is 0 Å². The van der Waals surface area contributed by atoms with Crippen molar-refractivity contribution in [2.45, 2.75) is 31.8 Å². The lowest BCUT2D eigenvalue weighted by Gasteiger charge is -2.32. The molecule has 34 heavy (non-hydrogen) atoms. The molecular formula is C24H25N7O3. The summed E-state index contributed by atoms with van der Waals surface area (Å²) in [7, 11) is 1.60. The molecule has 174 valence electrons. The maximum atomic E-state index is 13.6. The van der Waals surface area contributed by atoms with Crippen molar-refractivity contribution < 1.29 is 9.53 Å². The predicted octanol–water partition coefficient (Wildman–Crippen LogP) is 2.24. The van der Waals surface area contributed by atoms with Gasteiger partial charge in [-0.3, -0.25) is 13.9 Å². The zero-order valence-corrected chi connectivity index (χ0v) is 18.9. The van der Waals surface area contributed by atoms with Crippen LogP contribution in [0.15, 0.2) is 47.5 Å². The maximum absolute atomic E-state index is 13.6. The molecule has 1 fully saturated rings. The molecule has 1 aliphatic rings. The van der Waals surface area contributed by atoms with Crippen LogP contribution in [0.3, 0.4) is 0 Å². The van der Waals surface area contributed by atoms with Gasteiger partial charge >= 0.3 is 5.69 Å². The molecule has 0 N–H and O–H groups in total. The molecule has 10 heteroatoms. The summed E-state index contributed by atoms with van der Waals surface area (Å²) in [5.74, 6) is -0.205. The van der Waals surface area contributed by atoms with E-state index in [-0.39, 0.29) is 24.1 Å². The number of hydrogen-bond donors (Lipinski definition) is 0. The zero-order chi connectivity index (χ0) is 23.7. The van der Waals surface area contributed by atoms with Gasteiger partial charge in [-0.2, -0.15) is 10.4 Å². The van der Waals surface area contributed by atoms with Crippen LogP contribution in [0, 0.1) is 11.3 Å². The zero-order valence-electron chi connectivity index (χ0n) is 18.9. The number of rotatable bonds is 6. The van der Waals surface area contributed by atoms with Crippen molar-refractivity contribution in [3.8, 4) is 17.3 Å². The minimum Gasteiger partial charge on any atom is -0.383 e. The monoisotopic (exact) mass is 459 g/mol. The highest BCUT2D eigenvalue weighted by Gasteiger charge is 2.29. The average molecular weight is 460 g/mol. The van der Waals surface area contributed by atoms with Gasteiger partial charge in [-0.1, -0.05) is 6.07 Å². The number of ether oxygens (including phenoxy) is 1. The van der Waals surface area contributed by atoms with Crippen LogP contribution in [0.1, 0.15) is 25.3 Å². The van der Waals surface area contributed by atoms with E-state index < -0.39 is 0 Å². The third-order valence-corrected chi connectivity index (χ3v) is 6.38. The van der Waals surface area contributed by atoms with Gasteiger partial charge in [-0.15, -0.1) is 0 Å². The van der Waals surface area contributed by atoms with E-state index in [9.17, 15) is 9.59 Å². The van der Waals surface area contributed by atoms with Crippen LogP contribution < -0.4 is 5.69 Å². The lowest BCUT2D eigenvalue weighted by molar-refractivity contribution is -0.131. The molecule has 0 aliphatic carbocycles. The van der Waals surface area contributed by atoms with Gasteiger partial charge in [0, 0.05) is 32.0 Å². The number of pyridine rings is 2. The number of imidazole rings is 1. The first-order valence-electron chi connectivity index (χ1n) is 11.3. The molecule has 5 heterocycles. The number of carbonyl (C=O) groups is 1. The molecule has 0 spiro atoms. The second-order valence-electron chi connectivity index (χ2n) is 8.40. The Balaban J connectivity index is 1.63. The highest BCUT2D eigenvalue weighted by Crippen LogP contribution is 2.28. The van der Waals surface area contributed by atoms with E-state index in [1.54, 1.807) is 31.9 Å². The van der Waals surface area contributed by atoms with E-state index in [4.69, 9.17) is 15.0 Å². The molecule has 4 aromatic heterocycles.